The summed E-state index contributed by atoms with van der Waals surface area (Å²) in [5.74, 6) is 0.448. The Morgan fingerprint density at radius 1 is 1.31 bits per heavy atom. The van der Waals surface area contributed by atoms with E-state index >= 15 is 0 Å². The highest BCUT2D eigenvalue weighted by atomic mass is 35.5. The van der Waals surface area contributed by atoms with Gasteiger partial charge in [-0.2, -0.15) is 0 Å². The van der Waals surface area contributed by atoms with E-state index in [1.54, 1.807) is 0 Å². The van der Waals surface area contributed by atoms with Crippen LogP contribution in [0.25, 0.3) is 0 Å². The van der Waals surface area contributed by atoms with Crippen LogP contribution in [-0.2, 0) is 4.74 Å². The Morgan fingerprint density at radius 2 is 2.00 bits per heavy atom. The lowest BCUT2D eigenvalue weighted by Crippen LogP contribution is -2.10. The highest BCUT2D eigenvalue weighted by molar-refractivity contribution is 6.17. The Kier molecular flexibility index (Phi) is 4.83. The van der Waals surface area contributed by atoms with Gasteiger partial charge in [0.2, 0.25) is 0 Å². The molecule has 0 spiro atoms. The number of aliphatic hydroxyl groups excluding tert-OH is 1. The van der Waals surface area contributed by atoms with Gasteiger partial charge in [0.25, 0.3) is 0 Å². The van der Waals surface area contributed by atoms with Gasteiger partial charge in [-0.1, -0.05) is 30.3 Å². The van der Waals surface area contributed by atoms with Crippen molar-refractivity contribution in [2.75, 3.05) is 19.1 Å². The molecule has 0 saturated carbocycles. The Hall–Kier alpha value is -0.570. The Bertz CT molecular complexity index is 226. The first-order chi connectivity index (χ1) is 6.38. The molecule has 0 aromatic heterocycles. The third-order valence-electron chi connectivity index (χ3n) is 1.73. The average Bonchev–Trinajstić information content (AvgIpc) is 2.21. The molecule has 1 aromatic rings. The molecule has 72 valence electrons. The number of halogens is 1. The molecule has 0 amide bonds. The number of alkyl halides is 1. The maximum atomic E-state index is 9.04. The molecule has 0 radical (unpaired) electrons. The second kappa shape index (κ2) is 5.97. The molecule has 3 heteroatoms. The van der Waals surface area contributed by atoms with Crippen molar-refractivity contribution in [3.8, 4) is 0 Å². The molecule has 1 aromatic carbocycles. The highest BCUT2D eigenvalue weighted by Crippen LogP contribution is 2.15. The van der Waals surface area contributed by atoms with Crippen molar-refractivity contribution < 1.29 is 9.84 Å². The monoisotopic (exact) mass is 200 g/mol. The van der Waals surface area contributed by atoms with E-state index in [1.165, 1.54) is 0 Å². The number of aliphatic hydroxyl groups is 1. The first-order valence-electron chi connectivity index (χ1n) is 4.22. The quantitative estimate of drug-likeness (QED) is 0.737. The van der Waals surface area contributed by atoms with Crippen molar-refractivity contribution >= 4 is 11.6 Å². The van der Waals surface area contributed by atoms with Gasteiger partial charge in [0, 0.05) is 5.88 Å². The van der Waals surface area contributed by atoms with Crippen molar-refractivity contribution in [1.82, 2.24) is 0 Å². The zero-order valence-electron chi connectivity index (χ0n) is 7.32. The molecule has 1 atom stereocenters. The second-order valence-electron chi connectivity index (χ2n) is 2.64. The van der Waals surface area contributed by atoms with Crippen molar-refractivity contribution in [3.63, 3.8) is 0 Å². The van der Waals surface area contributed by atoms with E-state index in [-0.39, 0.29) is 12.7 Å². The molecule has 2 nitrogen and oxygen atoms in total. The maximum Gasteiger partial charge on any atom is 0.106 e. The molecule has 0 aliphatic carbocycles. The van der Waals surface area contributed by atoms with Gasteiger partial charge in [0.15, 0.2) is 0 Å². The van der Waals surface area contributed by atoms with Crippen molar-refractivity contribution in [2.45, 2.75) is 6.10 Å². The van der Waals surface area contributed by atoms with Crippen LogP contribution in [0.2, 0.25) is 0 Å². The Morgan fingerprint density at radius 3 is 2.54 bits per heavy atom. The van der Waals surface area contributed by atoms with Crippen LogP contribution in [-0.4, -0.2) is 24.2 Å². The summed E-state index contributed by atoms with van der Waals surface area (Å²) in [5, 5.41) is 9.04. The highest BCUT2D eigenvalue weighted by Gasteiger charge is 2.08. The third kappa shape index (κ3) is 3.35. The van der Waals surface area contributed by atoms with Crippen LogP contribution in [0.15, 0.2) is 30.3 Å². The van der Waals surface area contributed by atoms with Crippen LogP contribution < -0.4 is 0 Å². The summed E-state index contributed by atoms with van der Waals surface area (Å²) in [6.45, 7) is 0.447. The number of hydrogen-bond acceptors (Lipinski definition) is 2. The molecular formula is C10H13ClO2. The first kappa shape index (κ1) is 10.5. The summed E-state index contributed by atoms with van der Waals surface area (Å²) in [6, 6.07) is 9.62. The SMILES string of the molecule is OCC(OCCCl)c1ccccc1. The van der Waals surface area contributed by atoms with Crippen LogP contribution in [0.5, 0.6) is 0 Å². The fraction of sp³-hybridized carbons (Fsp3) is 0.400. The molecule has 0 aliphatic rings. The van der Waals surface area contributed by atoms with Crippen LogP contribution in [0.4, 0.5) is 0 Å². The molecule has 13 heavy (non-hydrogen) atoms. The predicted molar refractivity (Wildman–Crippen MR) is 52.9 cm³/mol. The molecule has 1 rings (SSSR count). The van der Waals surface area contributed by atoms with Crippen molar-refractivity contribution in [2.24, 2.45) is 0 Å². The van der Waals surface area contributed by atoms with Gasteiger partial charge in [-0.25, -0.2) is 0 Å². The van der Waals surface area contributed by atoms with E-state index in [0.29, 0.717) is 12.5 Å². The van der Waals surface area contributed by atoms with Gasteiger partial charge in [0.05, 0.1) is 13.2 Å². The molecule has 1 N–H and O–H groups in total. The summed E-state index contributed by atoms with van der Waals surface area (Å²) in [5.41, 5.74) is 0.982. The van der Waals surface area contributed by atoms with E-state index in [9.17, 15) is 0 Å². The van der Waals surface area contributed by atoms with Gasteiger partial charge in [-0.05, 0) is 5.56 Å². The lowest BCUT2D eigenvalue weighted by atomic mass is 10.1. The fourth-order valence-electron chi connectivity index (χ4n) is 1.11. The third-order valence-corrected chi connectivity index (χ3v) is 1.89. The summed E-state index contributed by atoms with van der Waals surface area (Å²) in [7, 11) is 0. The fourth-order valence-corrected chi connectivity index (χ4v) is 1.20. The molecular weight excluding hydrogens is 188 g/mol. The zero-order valence-corrected chi connectivity index (χ0v) is 8.07. The summed E-state index contributed by atoms with van der Waals surface area (Å²) < 4.78 is 5.34. The number of hydrogen-bond donors (Lipinski definition) is 1. The normalized spacial score (nSPS) is 12.8. The predicted octanol–water partition coefficient (Wildman–Crippen LogP) is 1.98. The minimum Gasteiger partial charge on any atom is -0.393 e. The standard InChI is InChI=1S/C10H13ClO2/c11-6-7-13-10(8-12)9-4-2-1-3-5-9/h1-5,10,12H,6-8H2. The van der Waals surface area contributed by atoms with Crippen LogP contribution in [0, 0.1) is 0 Å². The maximum absolute atomic E-state index is 9.04. The first-order valence-corrected chi connectivity index (χ1v) is 4.75. The van der Waals surface area contributed by atoms with Gasteiger partial charge in [-0.15, -0.1) is 11.6 Å². The van der Waals surface area contributed by atoms with E-state index in [0.717, 1.165) is 5.56 Å². The lowest BCUT2D eigenvalue weighted by Gasteiger charge is -2.14. The summed E-state index contributed by atoms with van der Waals surface area (Å²) in [4.78, 5) is 0. The average molecular weight is 201 g/mol. The largest absolute Gasteiger partial charge is 0.393 e. The molecule has 0 fully saturated rings. The molecule has 0 heterocycles. The van der Waals surface area contributed by atoms with Crippen LogP contribution >= 0.6 is 11.6 Å². The Labute approximate surface area is 83.1 Å². The number of ether oxygens (including phenoxy) is 1. The second-order valence-corrected chi connectivity index (χ2v) is 3.02. The molecule has 0 aliphatic heterocycles. The van der Waals surface area contributed by atoms with E-state index in [4.69, 9.17) is 21.4 Å². The van der Waals surface area contributed by atoms with Crippen LogP contribution in [0.3, 0.4) is 0 Å². The van der Waals surface area contributed by atoms with Crippen LogP contribution in [0.1, 0.15) is 11.7 Å². The topological polar surface area (TPSA) is 29.5 Å². The van der Waals surface area contributed by atoms with Gasteiger partial charge in [0.1, 0.15) is 6.10 Å². The number of benzene rings is 1. The van der Waals surface area contributed by atoms with E-state index in [2.05, 4.69) is 0 Å². The molecule has 0 saturated heterocycles. The van der Waals surface area contributed by atoms with E-state index in [1.807, 2.05) is 30.3 Å². The van der Waals surface area contributed by atoms with Crippen molar-refractivity contribution in [1.29, 1.82) is 0 Å². The van der Waals surface area contributed by atoms with Gasteiger partial charge < -0.3 is 9.84 Å². The number of rotatable bonds is 5. The smallest absolute Gasteiger partial charge is 0.106 e. The zero-order chi connectivity index (χ0) is 9.52. The lowest BCUT2D eigenvalue weighted by molar-refractivity contribution is 0.0200. The minimum atomic E-state index is -0.250. The van der Waals surface area contributed by atoms with E-state index < -0.39 is 0 Å². The molecule has 0 bridgehead atoms. The Balaban J connectivity index is 2.56. The van der Waals surface area contributed by atoms with Gasteiger partial charge >= 0.3 is 0 Å². The molecule has 1 unspecified atom stereocenters. The van der Waals surface area contributed by atoms with Gasteiger partial charge in [-0.3, -0.25) is 0 Å². The minimum absolute atomic E-state index is 0.0130. The summed E-state index contributed by atoms with van der Waals surface area (Å²) in [6.07, 6.45) is -0.250. The summed E-state index contributed by atoms with van der Waals surface area (Å²) >= 11 is 5.48. The van der Waals surface area contributed by atoms with Crippen molar-refractivity contribution in [3.05, 3.63) is 35.9 Å².